The van der Waals surface area contributed by atoms with Gasteiger partial charge in [-0.05, 0) is 23.6 Å². The van der Waals surface area contributed by atoms with Crippen LogP contribution in [0.1, 0.15) is 16.8 Å². The van der Waals surface area contributed by atoms with E-state index >= 15 is 0 Å². The second-order valence-corrected chi connectivity index (χ2v) is 5.53. The normalized spacial score (nSPS) is 19.0. The second kappa shape index (κ2) is 5.77. The molecule has 0 saturated heterocycles. The highest BCUT2D eigenvalue weighted by molar-refractivity contribution is 5.30. The van der Waals surface area contributed by atoms with Crippen molar-refractivity contribution in [3.05, 3.63) is 53.3 Å². The highest BCUT2D eigenvalue weighted by Crippen LogP contribution is 2.22. The van der Waals surface area contributed by atoms with Crippen LogP contribution in [-0.2, 0) is 26.4 Å². The van der Waals surface area contributed by atoms with Crippen molar-refractivity contribution in [3.63, 3.8) is 0 Å². The van der Waals surface area contributed by atoms with Crippen LogP contribution in [0.3, 0.4) is 0 Å². The van der Waals surface area contributed by atoms with E-state index in [1.165, 1.54) is 16.8 Å². The van der Waals surface area contributed by atoms with E-state index < -0.39 is 0 Å². The number of nitrogens with two attached hydrogens (primary N) is 1. The van der Waals surface area contributed by atoms with E-state index in [4.69, 9.17) is 5.73 Å². The minimum atomic E-state index is 0.457. The summed E-state index contributed by atoms with van der Waals surface area (Å²) in [5.41, 5.74) is 10.2. The van der Waals surface area contributed by atoms with E-state index in [9.17, 15) is 0 Å². The monoisotopic (exact) mass is 270 g/mol. The highest BCUT2D eigenvalue weighted by atomic mass is 15.3. The average molecular weight is 270 g/mol. The first kappa shape index (κ1) is 13.3. The van der Waals surface area contributed by atoms with Crippen molar-refractivity contribution < 1.29 is 0 Å². The molecule has 0 saturated carbocycles. The maximum Gasteiger partial charge on any atom is 0.0492 e. The predicted molar refractivity (Wildman–Crippen MR) is 80.3 cm³/mol. The molecular weight excluding hydrogens is 248 g/mol. The Morgan fingerprint density at radius 3 is 2.75 bits per heavy atom. The van der Waals surface area contributed by atoms with Crippen molar-refractivity contribution in [2.75, 3.05) is 13.1 Å². The van der Waals surface area contributed by atoms with Crippen LogP contribution in [0.5, 0.6) is 0 Å². The molecule has 1 aliphatic heterocycles. The third kappa shape index (κ3) is 2.62. The molecule has 0 spiro atoms. The maximum atomic E-state index is 5.97. The molecule has 4 heteroatoms. The zero-order valence-electron chi connectivity index (χ0n) is 12.0. The molecule has 2 heterocycles. The Labute approximate surface area is 120 Å². The number of nitrogens with zero attached hydrogens (tertiary/aromatic N) is 3. The Hall–Kier alpha value is -1.65. The summed E-state index contributed by atoms with van der Waals surface area (Å²) in [6, 6.07) is 11.3. The number of fused-ring (bicyclic) bond motifs is 1. The number of hydrogen-bond donors (Lipinski definition) is 1. The molecule has 1 aromatic carbocycles. The Morgan fingerprint density at radius 2 is 2.05 bits per heavy atom. The van der Waals surface area contributed by atoms with Gasteiger partial charge in [0, 0.05) is 51.0 Å². The van der Waals surface area contributed by atoms with Gasteiger partial charge in [-0.1, -0.05) is 24.3 Å². The van der Waals surface area contributed by atoms with Gasteiger partial charge in [-0.3, -0.25) is 9.58 Å². The molecule has 1 atom stereocenters. The van der Waals surface area contributed by atoms with Gasteiger partial charge in [0.25, 0.3) is 0 Å². The lowest BCUT2D eigenvalue weighted by atomic mass is 9.94. The van der Waals surface area contributed by atoms with Crippen LogP contribution in [0, 0.1) is 0 Å². The molecule has 2 N–H and O–H groups in total. The predicted octanol–water partition coefficient (Wildman–Crippen LogP) is 1.35. The Bertz CT molecular complexity index is 575. The van der Waals surface area contributed by atoms with E-state index in [1.807, 2.05) is 17.9 Å². The molecule has 0 fully saturated rings. The summed E-state index contributed by atoms with van der Waals surface area (Å²) in [5, 5.41) is 4.23. The SMILES string of the molecule is Cn1nccc1CCN1Cc2ccccc2CC1CN. The molecule has 0 aliphatic carbocycles. The summed E-state index contributed by atoms with van der Waals surface area (Å²) in [5.74, 6) is 0. The van der Waals surface area contributed by atoms with Gasteiger partial charge in [0.15, 0.2) is 0 Å². The summed E-state index contributed by atoms with van der Waals surface area (Å²) >= 11 is 0. The van der Waals surface area contributed by atoms with Gasteiger partial charge in [0.05, 0.1) is 0 Å². The van der Waals surface area contributed by atoms with Crippen LogP contribution >= 0.6 is 0 Å². The van der Waals surface area contributed by atoms with Crippen molar-refractivity contribution in [2.24, 2.45) is 12.8 Å². The number of benzene rings is 1. The number of aromatic nitrogens is 2. The fourth-order valence-electron chi connectivity index (χ4n) is 3.04. The summed E-state index contributed by atoms with van der Waals surface area (Å²) < 4.78 is 1.95. The molecule has 0 radical (unpaired) electrons. The van der Waals surface area contributed by atoms with Crippen molar-refractivity contribution in [1.82, 2.24) is 14.7 Å². The zero-order valence-corrected chi connectivity index (χ0v) is 12.0. The van der Waals surface area contributed by atoms with Gasteiger partial charge >= 0.3 is 0 Å². The number of rotatable bonds is 4. The minimum absolute atomic E-state index is 0.457. The number of aryl methyl sites for hydroxylation is 1. The van der Waals surface area contributed by atoms with E-state index in [0.717, 1.165) is 32.5 Å². The molecule has 4 nitrogen and oxygen atoms in total. The molecule has 2 aromatic rings. The second-order valence-electron chi connectivity index (χ2n) is 5.53. The van der Waals surface area contributed by atoms with Crippen LogP contribution in [0.15, 0.2) is 36.5 Å². The van der Waals surface area contributed by atoms with Crippen LogP contribution in [0.25, 0.3) is 0 Å². The molecule has 3 rings (SSSR count). The van der Waals surface area contributed by atoms with Gasteiger partial charge in [-0.25, -0.2) is 0 Å². The van der Waals surface area contributed by atoms with E-state index in [1.54, 1.807) is 0 Å². The van der Waals surface area contributed by atoms with Gasteiger partial charge in [-0.15, -0.1) is 0 Å². The standard InChI is InChI=1S/C16H22N4/c1-19-15(6-8-18-19)7-9-20-12-14-5-3-2-4-13(14)10-16(20)11-17/h2-6,8,16H,7,9-12,17H2,1H3. The summed E-state index contributed by atoms with van der Waals surface area (Å²) in [7, 11) is 2.00. The smallest absolute Gasteiger partial charge is 0.0492 e. The van der Waals surface area contributed by atoms with Gasteiger partial charge in [-0.2, -0.15) is 5.10 Å². The first-order valence-electron chi connectivity index (χ1n) is 7.25. The van der Waals surface area contributed by atoms with Crippen LogP contribution < -0.4 is 5.73 Å². The molecular formula is C16H22N4. The Kier molecular flexibility index (Phi) is 3.85. The highest BCUT2D eigenvalue weighted by Gasteiger charge is 2.24. The fourth-order valence-corrected chi connectivity index (χ4v) is 3.04. The van der Waals surface area contributed by atoms with Crippen molar-refractivity contribution in [2.45, 2.75) is 25.4 Å². The maximum absolute atomic E-state index is 5.97. The van der Waals surface area contributed by atoms with Crippen LogP contribution in [0.4, 0.5) is 0 Å². The van der Waals surface area contributed by atoms with Crippen molar-refractivity contribution in [3.8, 4) is 0 Å². The lowest BCUT2D eigenvalue weighted by Crippen LogP contribution is -2.45. The summed E-state index contributed by atoms with van der Waals surface area (Å²) in [6.45, 7) is 2.77. The zero-order chi connectivity index (χ0) is 13.9. The van der Waals surface area contributed by atoms with E-state index in [-0.39, 0.29) is 0 Å². The quantitative estimate of drug-likeness (QED) is 0.912. The first-order valence-corrected chi connectivity index (χ1v) is 7.25. The fraction of sp³-hybridized carbons (Fsp3) is 0.438. The lowest BCUT2D eigenvalue weighted by Gasteiger charge is -2.36. The lowest BCUT2D eigenvalue weighted by molar-refractivity contribution is 0.177. The molecule has 106 valence electrons. The largest absolute Gasteiger partial charge is 0.329 e. The van der Waals surface area contributed by atoms with Gasteiger partial charge in [0.1, 0.15) is 0 Å². The molecule has 1 unspecified atom stereocenters. The van der Waals surface area contributed by atoms with Gasteiger partial charge < -0.3 is 5.73 Å². The van der Waals surface area contributed by atoms with Gasteiger partial charge in [0.2, 0.25) is 0 Å². The molecule has 0 bridgehead atoms. The van der Waals surface area contributed by atoms with Crippen LogP contribution in [0.2, 0.25) is 0 Å². The molecule has 20 heavy (non-hydrogen) atoms. The van der Waals surface area contributed by atoms with Crippen molar-refractivity contribution in [1.29, 1.82) is 0 Å². The third-order valence-electron chi connectivity index (χ3n) is 4.31. The molecule has 1 aromatic heterocycles. The molecule has 0 amide bonds. The van der Waals surface area contributed by atoms with E-state index in [0.29, 0.717) is 6.04 Å². The average Bonchev–Trinajstić information content (AvgIpc) is 2.89. The Balaban J connectivity index is 1.71. The Morgan fingerprint density at radius 1 is 1.25 bits per heavy atom. The minimum Gasteiger partial charge on any atom is -0.329 e. The third-order valence-corrected chi connectivity index (χ3v) is 4.31. The first-order chi connectivity index (χ1) is 9.78. The summed E-state index contributed by atoms with van der Waals surface area (Å²) in [6.07, 6.45) is 3.95. The topological polar surface area (TPSA) is 47.1 Å². The molecule has 1 aliphatic rings. The van der Waals surface area contributed by atoms with Crippen molar-refractivity contribution >= 4 is 0 Å². The summed E-state index contributed by atoms with van der Waals surface area (Å²) in [4.78, 5) is 2.51. The van der Waals surface area contributed by atoms with E-state index in [2.05, 4.69) is 40.3 Å². The number of hydrogen-bond acceptors (Lipinski definition) is 3. The van der Waals surface area contributed by atoms with Crippen LogP contribution in [-0.4, -0.2) is 33.8 Å².